The summed E-state index contributed by atoms with van der Waals surface area (Å²) in [4.78, 5) is 53.2. The molecule has 20 heteroatoms. The van der Waals surface area contributed by atoms with E-state index in [1.165, 1.54) is 0 Å². The molecule has 1 heterocycles. The molecule has 0 saturated carbocycles. The highest BCUT2D eigenvalue weighted by Crippen LogP contribution is 2.19. The van der Waals surface area contributed by atoms with Crippen LogP contribution < -0.4 is 10.6 Å². The van der Waals surface area contributed by atoms with Crippen molar-refractivity contribution in [1.29, 1.82) is 0 Å². The fourth-order valence-electron chi connectivity index (χ4n) is 2.55. The third-order valence-corrected chi connectivity index (χ3v) is 4.76. The molecule has 1 aliphatic heterocycles. The Hall–Kier alpha value is -2.95. The number of hydrogen-bond donors (Lipinski definition) is 10. The van der Waals surface area contributed by atoms with Gasteiger partial charge in [-0.15, -0.1) is 9.81 Å². The van der Waals surface area contributed by atoms with Crippen LogP contribution in [0.3, 0.4) is 0 Å². The van der Waals surface area contributed by atoms with Crippen molar-refractivity contribution in [1.82, 2.24) is 20.7 Å². The maximum atomic E-state index is 11.3. The van der Waals surface area contributed by atoms with Gasteiger partial charge < -0.3 is 61.0 Å². The molecule has 1 fully saturated rings. The standard InChI is InChI=1S/2C8H15N3O7/c1-11(10-17)8(16)9-4-6(14)5(13)3(2-12)18-7(4)15;1-11(10-18)8(17)9-4(2-12)6(15)7(16)5(14)3-13/h3-7,12-15H,2H2,1H3,(H,9,16);2,4-7,13-16H,3H2,1H3,(H,9,17)/t3-,4-,5-,6-,7+;4-,5+,6+,7+/m10/s1. The highest BCUT2D eigenvalue weighted by atomic mass is 16.6. The van der Waals surface area contributed by atoms with Gasteiger partial charge in [0.2, 0.25) is 0 Å². The van der Waals surface area contributed by atoms with Gasteiger partial charge in [0.25, 0.3) is 0 Å². The molecule has 0 aliphatic carbocycles. The quantitative estimate of drug-likeness (QED) is 0.0714. The molecule has 0 unspecified atom stereocenters. The Morgan fingerprint density at radius 3 is 1.94 bits per heavy atom. The Kier molecular flexibility index (Phi) is 14.6. The van der Waals surface area contributed by atoms with E-state index < -0.39 is 80.3 Å². The van der Waals surface area contributed by atoms with E-state index in [1.54, 1.807) is 0 Å². The fourth-order valence-corrected chi connectivity index (χ4v) is 2.55. The van der Waals surface area contributed by atoms with E-state index in [9.17, 15) is 49.7 Å². The zero-order valence-corrected chi connectivity index (χ0v) is 19.0. The molecule has 0 aromatic carbocycles. The number of aldehydes is 1. The molecule has 9 atom stereocenters. The molecule has 20 nitrogen and oxygen atoms in total. The number of carbonyl (C=O) groups is 3. The number of nitrogens with zero attached hydrogens (tertiary/aromatic N) is 4. The molecule has 0 radical (unpaired) electrons. The van der Waals surface area contributed by atoms with Crippen LogP contribution in [0.25, 0.3) is 0 Å². The lowest BCUT2D eigenvalue weighted by Gasteiger charge is -2.40. The number of aliphatic hydroxyl groups excluding tert-OH is 8. The summed E-state index contributed by atoms with van der Waals surface area (Å²) in [5.74, 6) is 0. The predicted octanol–water partition coefficient (Wildman–Crippen LogP) is -5.94. The van der Waals surface area contributed by atoms with Crippen molar-refractivity contribution < 1.29 is 60.0 Å². The number of ether oxygens (including phenoxy) is 1. The SMILES string of the molecule is CN(N=O)C(=O)N[C@@H](C=O)[C@@H](O)[C@H](O)[C@H](O)CO.CN(N=O)C(=O)N[C@@H]1[C@@H](O)[C@H](O)[C@@H](CO)O[C@@H]1O. The van der Waals surface area contributed by atoms with E-state index in [4.69, 9.17) is 20.1 Å². The van der Waals surface area contributed by atoms with Gasteiger partial charge in [0.1, 0.15) is 55.0 Å². The van der Waals surface area contributed by atoms with Gasteiger partial charge >= 0.3 is 12.1 Å². The monoisotopic (exact) mass is 530 g/mol. The van der Waals surface area contributed by atoms with Crippen LogP contribution in [0.5, 0.6) is 0 Å². The van der Waals surface area contributed by atoms with Crippen LogP contribution in [0.1, 0.15) is 0 Å². The van der Waals surface area contributed by atoms with E-state index >= 15 is 0 Å². The van der Waals surface area contributed by atoms with Gasteiger partial charge in [0.15, 0.2) is 6.29 Å². The number of nitrogens with one attached hydrogen (secondary N) is 2. The third-order valence-electron chi connectivity index (χ3n) is 4.76. The van der Waals surface area contributed by atoms with Gasteiger partial charge in [0, 0.05) is 14.1 Å². The second-order valence-electron chi connectivity index (χ2n) is 7.26. The van der Waals surface area contributed by atoms with Crippen molar-refractivity contribution in [3.8, 4) is 0 Å². The average Bonchev–Trinajstić information content (AvgIpc) is 2.89. The number of urea groups is 2. The Morgan fingerprint density at radius 1 is 0.972 bits per heavy atom. The summed E-state index contributed by atoms with van der Waals surface area (Å²) in [5, 5.41) is 83.3. The van der Waals surface area contributed by atoms with Crippen LogP contribution in [0.15, 0.2) is 10.6 Å². The summed E-state index contributed by atoms with van der Waals surface area (Å²) >= 11 is 0. The zero-order chi connectivity index (χ0) is 28.2. The summed E-state index contributed by atoms with van der Waals surface area (Å²) < 4.78 is 4.80. The van der Waals surface area contributed by atoms with E-state index in [2.05, 4.69) is 15.9 Å². The molecule has 36 heavy (non-hydrogen) atoms. The van der Waals surface area contributed by atoms with Crippen molar-refractivity contribution in [2.45, 2.75) is 55.0 Å². The maximum Gasteiger partial charge on any atom is 0.340 e. The van der Waals surface area contributed by atoms with E-state index in [0.717, 1.165) is 14.1 Å². The Balaban J connectivity index is 0.000000681. The fraction of sp³-hybridized carbons (Fsp3) is 0.812. The lowest BCUT2D eigenvalue weighted by atomic mass is 9.97. The van der Waals surface area contributed by atoms with Crippen LogP contribution in [0, 0.1) is 9.81 Å². The predicted molar refractivity (Wildman–Crippen MR) is 113 cm³/mol. The molecule has 208 valence electrons. The Labute approximate surface area is 202 Å². The smallest absolute Gasteiger partial charge is 0.340 e. The highest BCUT2D eigenvalue weighted by Gasteiger charge is 2.44. The van der Waals surface area contributed by atoms with Crippen LogP contribution in [0.2, 0.25) is 0 Å². The molecule has 0 aromatic heterocycles. The third kappa shape index (κ3) is 9.25. The van der Waals surface area contributed by atoms with E-state index in [-0.39, 0.29) is 6.29 Å². The minimum absolute atomic E-state index is 0.106. The number of amides is 4. The molecular formula is C16H30N6O14. The lowest BCUT2D eigenvalue weighted by molar-refractivity contribution is -0.252. The number of carbonyl (C=O) groups excluding carboxylic acids is 3. The summed E-state index contributed by atoms with van der Waals surface area (Å²) in [6, 6.07) is -4.98. The van der Waals surface area contributed by atoms with Crippen molar-refractivity contribution in [2.75, 3.05) is 27.3 Å². The number of aliphatic hydroxyl groups is 8. The molecule has 1 rings (SSSR count). The van der Waals surface area contributed by atoms with Gasteiger partial charge in [-0.1, -0.05) is 0 Å². The summed E-state index contributed by atoms with van der Waals surface area (Å²) in [7, 11) is 2.08. The molecule has 0 bridgehead atoms. The summed E-state index contributed by atoms with van der Waals surface area (Å²) in [5.41, 5.74) is 0. The first-order valence-electron chi connectivity index (χ1n) is 9.96. The summed E-state index contributed by atoms with van der Waals surface area (Å²) in [6.45, 7) is -1.45. The first-order valence-corrected chi connectivity index (χ1v) is 9.96. The van der Waals surface area contributed by atoms with Gasteiger partial charge in [-0.25, -0.2) is 9.59 Å². The van der Waals surface area contributed by atoms with Crippen LogP contribution in [-0.2, 0) is 9.53 Å². The number of hydrogen-bond acceptors (Lipinski definition) is 16. The van der Waals surface area contributed by atoms with Crippen molar-refractivity contribution >= 4 is 18.3 Å². The minimum atomic E-state index is -1.85. The zero-order valence-electron chi connectivity index (χ0n) is 19.0. The molecular weight excluding hydrogens is 500 g/mol. The van der Waals surface area contributed by atoms with Crippen LogP contribution in [0.4, 0.5) is 9.59 Å². The summed E-state index contributed by atoms with van der Waals surface area (Å²) in [6.07, 6.45) is -11.1. The highest BCUT2D eigenvalue weighted by molar-refractivity contribution is 5.78. The molecule has 1 saturated heterocycles. The lowest BCUT2D eigenvalue weighted by Crippen LogP contribution is -2.64. The van der Waals surface area contributed by atoms with Crippen LogP contribution >= 0.6 is 0 Å². The molecule has 1 aliphatic rings. The van der Waals surface area contributed by atoms with Gasteiger partial charge in [0.05, 0.1) is 23.8 Å². The largest absolute Gasteiger partial charge is 0.394 e. The Bertz CT molecular complexity index is 733. The molecule has 10 N–H and O–H groups in total. The van der Waals surface area contributed by atoms with E-state index in [0.29, 0.717) is 10.0 Å². The van der Waals surface area contributed by atoms with Gasteiger partial charge in [-0.3, -0.25) is 0 Å². The molecule has 0 aromatic rings. The van der Waals surface area contributed by atoms with E-state index in [1.807, 2.05) is 5.32 Å². The normalized spacial score (nSPS) is 26.6. The second-order valence-corrected chi connectivity index (χ2v) is 7.26. The Morgan fingerprint density at radius 2 is 1.50 bits per heavy atom. The average molecular weight is 530 g/mol. The van der Waals surface area contributed by atoms with Gasteiger partial charge in [-0.2, -0.15) is 10.0 Å². The molecule has 4 amide bonds. The first-order chi connectivity index (χ1) is 16.8. The second kappa shape index (κ2) is 15.9. The van der Waals surface area contributed by atoms with Crippen LogP contribution in [-0.4, -0.2) is 152 Å². The molecule has 0 spiro atoms. The maximum absolute atomic E-state index is 11.3. The van der Waals surface area contributed by atoms with Crippen molar-refractivity contribution in [3.63, 3.8) is 0 Å². The first kappa shape index (κ1) is 33.0. The van der Waals surface area contributed by atoms with Gasteiger partial charge in [-0.05, 0) is 0 Å². The topological polar surface area (TPSA) is 312 Å². The van der Waals surface area contributed by atoms with Crippen molar-refractivity contribution in [2.24, 2.45) is 10.6 Å². The number of nitroso groups, excluding NO2 is 2. The minimum Gasteiger partial charge on any atom is -0.394 e. The number of rotatable bonds is 10. The van der Waals surface area contributed by atoms with Crippen molar-refractivity contribution in [3.05, 3.63) is 9.81 Å².